The van der Waals surface area contributed by atoms with Crippen LogP contribution in [-0.2, 0) is 0 Å². The number of hydrogen-bond acceptors (Lipinski definition) is 6. The molecule has 6 nitrogen and oxygen atoms in total. The maximum Gasteiger partial charge on any atom is 0.147 e. The summed E-state index contributed by atoms with van der Waals surface area (Å²) < 4.78 is 5.98. The molecule has 1 N–H and O–H groups in total. The minimum Gasteiger partial charge on any atom is -0.508 e. The molecule has 0 unspecified atom stereocenters. The molecular formula is C41H36Cl2N4O2. The maximum atomic E-state index is 9.60. The average Bonchev–Trinajstić information content (AvgIpc) is 3.86. The van der Waals surface area contributed by atoms with E-state index in [9.17, 15) is 15.6 Å². The van der Waals surface area contributed by atoms with Gasteiger partial charge >= 0.3 is 0 Å². The van der Waals surface area contributed by atoms with Crippen molar-refractivity contribution in [3.63, 3.8) is 0 Å². The Labute approximate surface area is 297 Å². The van der Waals surface area contributed by atoms with E-state index in [1.807, 2.05) is 67.6 Å². The van der Waals surface area contributed by atoms with Gasteiger partial charge in [0.1, 0.15) is 39.7 Å². The molecule has 0 saturated heterocycles. The number of para-hydroxylation sites is 1. The molecule has 0 bridgehead atoms. The number of ether oxygens (including phenoxy) is 1. The van der Waals surface area contributed by atoms with Gasteiger partial charge < -0.3 is 9.84 Å². The van der Waals surface area contributed by atoms with Gasteiger partial charge in [0.25, 0.3) is 0 Å². The van der Waals surface area contributed by atoms with Crippen LogP contribution in [0.4, 0.5) is 0 Å². The summed E-state index contributed by atoms with van der Waals surface area (Å²) in [5.41, 5.74) is 7.31. The van der Waals surface area contributed by atoms with Crippen molar-refractivity contribution in [2.45, 2.75) is 70.1 Å². The van der Waals surface area contributed by atoms with E-state index in [4.69, 9.17) is 27.9 Å². The number of hydrogen-bond donors (Lipinski definition) is 1. The Kier molecular flexibility index (Phi) is 10.8. The number of nitrogens with zero attached hydrogens (tertiary/aromatic N) is 4. The summed E-state index contributed by atoms with van der Waals surface area (Å²) >= 11 is 12.6. The third kappa shape index (κ3) is 7.89. The monoisotopic (exact) mass is 686 g/mol. The van der Waals surface area contributed by atoms with Crippen LogP contribution in [0.15, 0.2) is 84.9 Å². The number of halogens is 2. The van der Waals surface area contributed by atoms with Crippen molar-refractivity contribution in [1.29, 1.82) is 10.5 Å². The van der Waals surface area contributed by atoms with Crippen LogP contribution in [0.5, 0.6) is 17.2 Å². The van der Waals surface area contributed by atoms with Crippen LogP contribution in [0.3, 0.4) is 0 Å². The number of nitriles is 2. The predicted octanol–water partition coefficient (Wildman–Crippen LogP) is 11.7. The number of phenolic OH excluding ortho intramolecular Hbond substituents is 1. The molecule has 2 aliphatic carbocycles. The highest BCUT2D eigenvalue weighted by atomic mass is 35.5. The Balaban J connectivity index is 0.000000177. The van der Waals surface area contributed by atoms with Gasteiger partial charge in [0.2, 0.25) is 0 Å². The van der Waals surface area contributed by atoms with Gasteiger partial charge in [-0.15, -0.1) is 0 Å². The van der Waals surface area contributed by atoms with Crippen molar-refractivity contribution >= 4 is 23.2 Å². The molecule has 0 spiro atoms. The number of aromatic nitrogens is 2. The molecule has 0 amide bonds. The zero-order chi connectivity index (χ0) is 34.3. The van der Waals surface area contributed by atoms with Gasteiger partial charge in [0.15, 0.2) is 0 Å². The normalized spacial score (nSPS) is 14.5. The highest BCUT2D eigenvalue weighted by Crippen LogP contribution is 2.39. The lowest BCUT2D eigenvalue weighted by Crippen LogP contribution is -2.00. The van der Waals surface area contributed by atoms with Crippen molar-refractivity contribution in [2.24, 2.45) is 0 Å². The lowest BCUT2D eigenvalue weighted by Gasteiger charge is -2.14. The Morgan fingerprint density at radius 1 is 0.673 bits per heavy atom. The molecule has 3 aromatic carbocycles. The molecule has 0 atom stereocenters. The fourth-order valence-electron chi connectivity index (χ4n) is 6.74. The van der Waals surface area contributed by atoms with Gasteiger partial charge in [-0.1, -0.05) is 91.3 Å². The number of aryl methyl sites for hydroxylation is 1. The van der Waals surface area contributed by atoms with Crippen LogP contribution in [0.25, 0.3) is 22.3 Å². The summed E-state index contributed by atoms with van der Waals surface area (Å²) in [6.45, 7) is 2.02. The minimum absolute atomic E-state index is 0.202. The predicted molar refractivity (Wildman–Crippen MR) is 194 cm³/mol. The van der Waals surface area contributed by atoms with Crippen LogP contribution in [0.1, 0.15) is 91.3 Å². The topological polar surface area (TPSA) is 103 Å². The standard InChI is InChI=1S/C24H21ClN2O.C17H15ClN2O/c1-16-6-2-5-9-23(16)28-19-12-10-17(11-13-19)20-14-22(18-7-3-4-8-18)27-24(25)21(20)15-26;18-17-15(10-19)14(11-5-7-13(21)8-6-11)9-16(20-17)12-3-1-2-4-12/h2,5-6,9-14,18H,3-4,7-8H2,1H3;5-9,12,21H,1-4H2. The van der Waals surface area contributed by atoms with Gasteiger partial charge in [-0.2, -0.15) is 10.5 Å². The van der Waals surface area contributed by atoms with E-state index in [1.165, 1.54) is 25.7 Å². The zero-order valence-corrected chi connectivity index (χ0v) is 28.8. The summed E-state index contributed by atoms with van der Waals surface area (Å²) in [7, 11) is 0. The summed E-state index contributed by atoms with van der Waals surface area (Å²) in [5, 5.41) is 28.9. The average molecular weight is 688 g/mol. The third-order valence-corrected chi connectivity index (χ3v) is 9.97. The first-order chi connectivity index (χ1) is 23.8. The molecule has 2 saturated carbocycles. The highest BCUT2D eigenvalue weighted by molar-refractivity contribution is 6.31. The summed E-state index contributed by atoms with van der Waals surface area (Å²) in [5.74, 6) is 2.67. The molecule has 246 valence electrons. The van der Waals surface area contributed by atoms with E-state index in [2.05, 4.69) is 22.1 Å². The van der Waals surface area contributed by atoms with E-state index in [-0.39, 0.29) is 10.9 Å². The molecule has 5 aromatic rings. The Morgan fingerprint density at radius 3 is 1.57 bits per heavy atom. The third-order valence-electron chi connectivity index (χ3n) is 9.43. The van der Waals surface area contributed by atoms with Crippen molar-refractivity contribution in [2.75, 3.05) is 0 Å². The minimum atomic E-state index is 0.202. The van der Waals surface area contributed by atoms with Gasteiger partial charge in [-0.25, -0.2) is 9.97 Å². The second-order valence-electron chi connectivity index (χ2n) is 12.6. The molecule has 2 aliphatic rings. The van der Waals surface area contributed by atoms with Gasteiger partial charge in [-0.05, 0) is 91.8 Å². The largest absolute Gasteiger partial charge is 0.508 e. The lowest BCUT2D eigenvalue weighted by atomic mass is 9.96. The first-order valence-electron chi connectivity index (χ1n) is 16.7. The van der Waals surface area contributed by atoms with Crippen molar-refractivity contribution in [3.8, 4) is 51.6 Å². The molecule has 2 heterocycles. The van der Waals surface area contributed by atoms with E-state index in [0.717, 1.165) is 76.4 Å². The van der Waals surface area contributed by atoms with E-state index in [1.54, 1.807) is 24.3 Å². The number of rotatable bonds is 6. The smallest absolute Gasteiger partial charge is 0.147 e. The molecule has 8 heteroatoms. The molecule has 2 fully saturated rings. The molecule has 2 aromatic heterocycles. The van der Waals surface area contributed by atoms with Crippen LogP contribution >= 0.6 is 23.2 Å². The zero-order valence-electron chi connectivity index (χ0n) is 27.3. The van der Waals surface area contributed by atoms with Gasteiger partial charge in [0.05, 0.1) is 11.1 Å². The number of benzene rings is 3. The quantitative estimate of drug-likeness (QED) is 0.178. The highest BCUT2D eigenvalue weighted by Gasteiger charge is 2.23. The van der Waals surface area contributed by atoms with Gasteiger partial charge in [-0.3, -0.25) is 0 Å². The van der Waals surface area contributed by atoms with Crippen molar-refractivity contribution in [3.05, 3.63) is 123 Å². The Bertz CT molecular complexity index is 2020. The van der Waals surface area contributed by atoms with Crippen LogP contribution in [0.2, 0.25) is 10.3 Å². The fraction of sp³-hybridized carbons (Fsp3) is 0.268. The van der Waals surface area contributed by atoms with E-state index < -0.39 is 0 Å². The molecular weight excluding hydrogens is 651 g/mol. The molecule has 0 aliphatic heterocycles. The van der Waals surface area contributed by atoms with Crippen LogP contribution in [-0.4, -0.2) is 15.1 Å². The van der Waals surface area contributed by atoms with E-state index in [0.29, 0.717) is 28.1 Å². The second kappa shape index (κ2) is 15.6. The van der Waals surface area contributed by atoms with Crippen LogP contribution < -0.4 is 4.74 Å². The van der Waals surface area contributed by atoms with Crippen LogP contribution in [0, 0.1) is 29.6 Å². The summed E-state index contributed by atoms with van der Waals surface area (Å²) in [6.07, 6.45) is 9.43. The molecule has 49 heavy (non-hydrogen) atoms. The summed E-state index contributed by atoms with van der Waals surface area (Å²) in [4.78, 5) is 8.94. The number of aromatic hydroxyl groups is 1. The molecule has 0 radical (unpaired) electrons. The maximum absolute atomic E-state index is 9.60. The van der Waals surface area contributed by atoms with E-state index >= 15 is 0 Å². The van der Waals surface area contributed by atoms with Crippen molar-refractivity contribution in [1.82, 2.24) is 9.97 Å². The first kappa shape index (κ1) is 34.0. The lowest BCUT2D eigenvalue weighted by molar-refractivity contribution is 0.475. The SMILES string of the molecule is Cc1ccccc1Oc1ccc(-c2cc(C3CCCC3)nc(Cl)c2C#N)cc1.N#Cc1c(-c2ccc(O)cc2)cc(C2CCCC2)nc1Cl. The first-order valence-corrected chi connectivity index (χ1v) is 17.4. The fourth-order valence-corrected chi connectivity index (χ4v) is 7.22. The van der Waals surface area contributed by atoms with Crippen molar-refractivity contribution < 1.29 is 9.84 Å². The number of pyridine rings is 2. The summed E-state index contributed by atoms with van der Waals surface area (Å²) in [6, 6.07) is 30.9. The Hall–Kier alpha value is -4.88. The second-order valence-corrected chi connectivity index (χ2v) is 13.4. The number of phenols is 1. The Morgan fingerprint density at radius 2 is 1.12 bits per heavy atom. The molecule has 7 rings (SSSR count). The van der Waals surface area contributed by atoms with Gasteiger partial charge in [0, 0.05) is 34.4 Å².